The molecular formula is C14H9BrF3NO2. The van der Waals surface area contributed by atoms with Crippen LogP contribution in [0, 0.1) is 0 Å². The molecule has 0 amide bonds. The summed E-state index contributed by atoms with van der Waals surface area (Å²) >= 11 is 3.18. The SMILES string of the molecule is Nc1cc(Br)cc(C(=O)c2ccccc2OC(F)(F)F)c1. The summed E-state index contributed by atoms with van der Waals surface area (Å²) in [7, 11) is 0. The number of ketones is 1. The number of anilines is 1. The molecule has 0 aromatic heterocycles. The van der Waals surface area contributed by atoms with E-state index in [-0.39, 0.29) is 11.1 Å². The van der Waals surface area contributed by atoms with Gasteiger partial charge in [-0.25, -0.2) is 0 Å². The van der Waals surface area contributed by atoms with Crippen molar-refractivity contribution in [1.29, 1.82) is 0 Å². The zero-order chi connectivity index (χ0) is 15.6. The second-order valence-corrected chi connectivity index (χ2v) is 5.06. The first kappa shape index (κ1) is 15.4. The molecule has 0 heterocycles. The molecule has 0 atom stereocenters. The van der Waals surface area contributed by atoms with Gasteiger partial charge in [-0.15, -0.1) is 13.2 Å². The highest BCUT2D eigenvalue weighted by Crippen LogP contribution is 2.29. The topological polar surface area (TPSA) is 52.3 Å². The zero-order valence-electron chi connectivity index (χ0n) is 10.4. The van der Waals surface area contributed by atoms with Gasteiger partial charge in [-0.05, 0) is 30.3 Å². The number of ether oxygens (including phenoxy) is 1. The monoisotopic (exact) mass is 359 g/mol. The molecule has 0 unspecified atom stereocenters. The molecule has 2 N–H and O–H groups in total. The van der Waals surface area contributed by atoms with Crippen molar-refractivity contribution >= 4 is 27.4 Å². The minimum Gasteiger partial charge on any atom is -0.405 e. The van der Waals surface area contributed by atoms with Gasteiger partial charge in [-0.3, -0.25) is 4.79 Å². The van der Waals surface area contributed by atoms with Crippen molar-refractivity contribution in [3.05, 3.63) is 58.1 Å². The Morgan fingerprint density at radius 3 is 2.43 bits per heavy atom. The van der Waals surface area contributed by atoms with Gasteiger partial charge >= 0.3 is 6.36 Å². The summed E-state index contributed by atoms with van der Waals surface area (Å²) in [5, 5.41) is 0. The van der Waals surface area contributed by atoms with Crippen LogP contribution in [0.25, 0.3) is 0 Å². The standard InChI is InChI=1S/C14H9BrF3NO2/c15-9-5-8(6-10(19)7-9)13(20)11-3-1-2-4-12(11)21-14(16,17)18/h1-7H,19H2. The number of rotatable bonds is 3. The van der Waals surface area contributed by atoms with Crippen molar-refractivity contribution in [3.63, 3.8) is 0 Å². The second-order valence-electron chi connectivity index (χ2n) is 4.15. The lowest BCUT2D eigenvalue weighted by Crippen LogP contribution is -2.19. The average Bonchev–Trinajstić information content (AvgIpc) is 2.35. The van der Waals surface area contributed by atoms with Crippen LogP contribution in [-0.2, 0) is 0 Å². The van der Waals surface area contributed by atoms with Gasteiger partial charge in [0.15, 0.2) is 5.78 Å². The largest absolute Gasteiger partial charge is 0.573 e. The Labute approximate surface area is 126 Å². The summed E-state index contributed by atoms with van der Waals surface area (Å²) in [5.41, 5.74) is 5.92. The summed E-state index contributed by atoms with van der Waals surface area (Å²) in [6.07, 6.45) is -4.87. The molecule has 2 aromatic rings. The van der Waals surface area contributed by atoms with Gasteiger partial charge in [-0.1, -0.05) is 28.1 Å². The van der Waals surface area contributed by atoms with Crippen molar-refractivity contribution < 1.29 is 22.7 Å². The van der Waals surface area contributed by atoms with Crippen molar-refractivity contribution in [2.24, 2.45) is 0 Å². The molecule has 0 aliphatic heterocycles. The van der Waals surface area contributed by atoms with E-state index >= 15 is 0 Å². The number of halogens is 4. The van der Waals surface area contributed by atoms with Gasteiger partial charge in [-0.2, -0.15) is 0 Å². The molecule has 0 aliphatic carbocycles. The summed E-state index contributed by atoms with van der Waals surface area (Å²) in [6.45, 7) is 0. The van der Waals surface area contributed by atoms with Crippen LogP contribution in [0.4, 0.5) is 18.9 Å². The highest BCUT2D eigenvalue weighted by atomic mass is 79.9. The van der Waals surface area contributed by atoms with E-state index in [1.54, 1.807) is 6.07 Å². The third-order valence-corrected chi connectivity index (χ3v) is 3.00. The fourth-order valence-corrected chi connectivity index (χ4v) is 2.28. The molecule has 0 fully saturated rings. The second kappa shape index (κ2) is 5.77. The number of nitrogens with two attached hydrogens (primary N) is 1. The summed E-state index contributed by atoms with van der Waals surface area (Å²) in [5.74, 6) is -1.16. The number of hydrogen-bond acceptors (Lipinski definition) is 3. The Kier molecular flexibility index (Phi) is 4.22. The van der Waals surface area contributed by atoms with E-state index in [2.05, 4.69) is 20.7 Å². The predicted molar refractivity (Wildman–Crippen MR) is 75.1 cm³/mol. The van der Waals surface area contributed by atoms with Crippen molar-refractivity contribution in [2.45, 2.75) is 6.36 Å². The smallest absolute Gasteiger partial charge is 0.405 e. The summed E-state index contributed by atoms with van der Waals surface area (Å²) in [6, 6.07) is 9.60. The molecule has 7 heteroatoms. The van der Waals surface area contributed by atoms with Crippen LogP contribution in [0.1, 0.15) is 15.9 Å². The minimum absolute atomic E-state index is 0.167. The number of carbonyl (C=O) groups is 1. The maximum Gasteiger partial charge on any atom is 0.573 e. The average molecular weight is 360 g/mol. The van der Waals surface area contributed by atoms with Crippen LogP contribution >= 0.6 is 15.9 Å². The Hall–Kier alpha value is -2.02. The maximum absolute atomic E-state index is 12.4. The van der Waals surface area contributed by atoms with Gasteiger partial charge in [0, 0.05) is 15.7 Å². The van der Waals surface area contributed by atoms with Crippen molar-refractivity contribution in [1.82, 2.24) is 0 Å². The number of benzene rings is 2. The van der Waals surface area contributed by atoms with Crippen molar-refractivity contribution in [2.75, 3.05) is 5.73 Å². The molecular weight excluding hydrogens is 351 g/mol. The van der Waals surface area contributed by atoms with E-state index in [1.165, 1.54) is 30.3 Å². The highest BCUT2D eigenvalue weighted by Gasteiger charge is 2.33. The van der Waals surface area contributed by atoms with Crippen molar-refractivity contribution in [3.8, 4) is 5.75 Å². The highest BCUT2D eigenvalue weighted by molar-refractivity contribution is 9.10. The molecule has 0 saturated carbocycles. The fourth-order valence-electron chi connectivity index (χ4n) is 1.77. The Morgan fingerprint density at radius 2 is 1.81 bits per heavy atom. The molecule has 3 nitrogen and oxygen atoms in total. The van der Waals surface area contributed by atoms with Gasteiger partial charge in [0.05, 0.1) is 5.56 Å². The molecule has 2 aromatic carbocycles. The van der Waals surface area contributed by atoms with Gasteiger partial charge in [0.25, 0.3) is 0 Å². The fraction of sp³-hybridized carbons (Fsp3) is 0.0714. The maximum atomic E-state index is 12.4. The van der Waals surface area contributed by atoms with Crippen LogP contribution in [-0.4, -0.2) is 12.1 Å². The third kappa shape index (κ3) is 3.98. The summed E-state index contributed by atoms with van der Waals surface area (Å²) in [4.78, 5) is 12.3. The van der Waals surface area contributed by atoms with Crippen LogP contribution in [0.15, 0.2) is 46.9 Å². The molecule has 0 radical (unpaired) electrons. The first-order valence-corrected chi connectivity index (χ1v) is 6.51. The first-order chi connectivity index (χ1) is 9.76. The first-order valence-electron chi connectivity index (χ1n) is 5.72. The predicted octanol–water partition coefficient (Wildman–Crippen LogP) is 4.16. The number of carbonyl (C=O) groups excluding carboxylic acids is 1. The van der Waals surface area contributed by atoms with Crippen LogP contribution in [0.2, 0.25) is 0 Å². The van der Waals surface area contributed by atoms with Gasteiger partial charge < -0.3 is 10.5 Å². The molecule has 0 saturated heterocycles. The van der Waals surface area contributed by atoms with E-state index in [0.717, 1.165) is 6.07 Å². The molecule has 110 valence electrons. The normalized spacial score (nSPS) is 11.2. The van der Waals surface area contributed by atoms with Gasteiger partial charge in [0.2, 0.25) is 0 Å². The van der Waals surface area contributed by atoms with E-state index in [9.17, 15) is 18.0 Å². The molecule has 0 bridgehead atoms. The van der Waals surface area contributed by atoms with E-state index in [0.29, 0.717) is 10.2 Å². The number of para-hydroxylation sites is 1. The molecule has 21 heavy (non-hydrogen) atoms. The summed E-state index contributed by atoms with van der Waals surface area (Å²) < 4.78 is 41.5. The lowest BCUT2D eigenvalue weighted by molar-refractivity contribution is -0.274. The minimum atomic E-state index is -4.87. The molecule has 0 aliphatic rings. The lowest BCUT2D eigenvalue weighted by atomic mass is 10.0. The van der Waals surface area contributed by atoms with Crippen LogP contribution in [0.3, 0.4) is 0 Å². The van der Waals surface area contributed by atoms with E-state index in [4.69, 9.17) is 5.73 Å². The van der Waals surface area contributed by atoms with E-state index in [1.807, 2.05) is 0 Å². The molecule has 0 spiro atoms. The number of hydrogen-bond donors (Lipinski definition) is 1. The Bertz CT molecular complexity index is 666. The Morgan fingerprint density at radius 1 is 1.14 bits per heavy atom. The van der Waals surface area contributed by atoms with Crippen LogP contribution in [0.5, 0.6) is 5.75 Å². The molecule has 2 rings (SSSR count). The third-order valence-electron chi connectivity index (χ3n) is 2.54. The quantitative estimate of drug-likeness (QED) is 0.661. The van der Waals surface area contributed by atoms with Crippen LogP contribution < -0.4 is 10.5 Å². The number of alkyl halides is 3. The van der Waals surface area contributed by atoms with Gasteiger partial charge in [0.1, 0.15) is 5.75 Å². The zero-order valence-corrected chi connectivity index (χ0v) is 12.0. The van der Waals surface area contributed by atoms with E-state index < -0.39 is 17.9 Å². The number of nitrogen functional groups attached to an aromatic ring is 1. The Balaban J connectivity index is 2.44. The lowest BCUT2D eigenvalue weighted by Gasteiger charge is -2.12.